The van der Waals surface area contributed by atoms with Crippen LogP contribution in [0.25, 0.3) is 0 Å². The molecule has 0 amide bonds. The molecule has 1 heterocycles. The molecule has 3 rings (SSSR count). The standard InChI is InChI=1S/C15H10N6O2S/c22-21(23)14-10-16-15(24-14)20-19-13-8-6-12(7-9-13)18-17-11-4-2-1-3-5-11/h1-10H. The van der Waals surface area contributed by atoms with Crippen LogP contribution in [0.3, 0.4) is 0 Å². The van der Waals surface area contributed by atoms with Crippen molar-refractivity contribution in [1.29, 1.82) is 0 Å². The van der Waals surface area contributed by atoms with Gasteiger partial charge in [-0.05, 0) is 47.7 Å². The third-order valence-electron chi connectivity index (χ3n) is 2.80. The van der Waals surface area contributed by atoms with E-state index in [-0.39, 0.29) is 10.1 Å². The van der Waals surface area contributed by atoms with E-state index in [0.717, 1.165) is 23.2 Å². The second-order valence-electron chi connectivity index (χ2n) is 4.49. The summed E-state index contributed by atoms with van der Waals surface area (Å²) in [7, 11) is 0. The molecule has 0 bridgehead atoms. The van der Waals surface area contributed by atoms with E-state index in [9.17, 15) is 10.1 Å². The van der Waals surface area contributed by atoms with Crippen molar-refractivity contribution < 1.29 is 4.92 Å². The largest absolute Gasteiger partial charge is 0.345 e. The molecule has 3 aromatic rings. The normalized spacial score (nSPS) is 11.3. The highest BCUT2D eigenvalue weighted by Gasteiger charge is 2.10. The Hall–Kier alpha value is -3.33. The zero-order valence-electron chi connectivity index (χ0n) is 12.2. The van der Waals surface area contributed by atoms with Crippen molar-refractivity contribution in [2.75, 3.05) is 0 Å². The van der Waals surface area contributed by atoms with Gasteiger partial charge in [-0.3, -0.25) is 10.1 Å². The number of benzene rings is 2. The average molecular weight is 338 g/mol. The zero-order chi connectivity index (χ0) is 16.8. The molecule has 0 unspecified atom stereocenters. The van der Waals surface area contributed by atoms with Gasteiger partial charge in [-0.15, -0.1) is 10.2 Å². The van der Waals surface area contributed by atoms with Gasteiger partial charge in [0.05, 0.1) is 22.0 Å². The molecule has 0 saturated carbocycles. The van der Waals surface area contributed by atoms with Crippen LogP contribution in [0, 0.1) is 10.1 Å². The Kier molecular flexibility index (Phi) is 4.73. The van der Waals surface area contributed by atoms with Gasteiger partial charge >= 0.3 is 5.00 Å². The molecule has 1 aromatic heterocycles. The molecule has 0 spiro atoms. The number of hydrogen-bond donors (Lipinski definition) is 0. The van der Waals surface area contributed by atoms with Gasteiger partial charge < -0.3 is 0 Å². The smallest absolute Gasteiger partial charge is 0.257 e. The Bertz CT molecular complexity index is 890. The number of azo groups is 2. The van der Waals surface area contributed by atoms with Crippen LogP contribution in [0.15, 0.2) is 81.3 Å². The average Bonchev–Trinajstić information content (AvgIpc) is 3.09. The quantitative estimate of drug-likeness (QED) is 0.329. The van der Waals surface area contributed by atoms with Gasteiger partial charge in [-0.2, -0.15) is 10.2 Å². The minimum atomic E-state index is -0.511. The maximum atomic E-state index is 10.6. The fourth-order valence-corrected chi connectivity index (χ4v) is 2.24. The summed E-state index contributed by atoms with van der Waals surface area (Å²) in [6.07, 6.45) is 1.16. The Labute approximate surface area is 140 Å². The molecular formula is C15H10N6O2S. The molecule has 0 N–H and O–H groups in total. The molecule has 24 heavy (non-hydrogen) atoms. The van der Waals surface area contributed by atoms with Gasteiger partial charge in [0.1, 0.15) is 6.20 Å². The Morgan fingerprint density at radius 1 is 0.833 bits per heavy atom. The SMILES string of the molecule is O=[N+]([O-])c1cnc(N=Nc2ccc(N=Nc3ccccc3)cc2)s1. The van der Waals surface area contributed by atoms with Gasteiger partial charge in [-0.25, -0.2) is 4.98 Å². The topological polar surface area (TPSA) is 105 Å². The molecule has 0 atom stereocenters. The van der Waals surface area contributed by atoms with Crippen LogP contribution >= 0.6 is 11.3 Å². The summed E-state index contributed by atoms with van der Waals surface area (Å²) in [5.74, 6) is 0. The van der Waals surface area contributed by atoms with E-state index in [1.165, 1.54) is 0 Å². The summed E-state index contributed by atoms with van der Waals surface area (Å²) >= 11 is 0.865. The highest BCUT2D eigenvalue weighted by Crippen LogP contribution is 2.29. The van der Waals surface area contributed by atoms with Crippen LogP contribution in [-0.2, 0) is 0 Å². The van der Waals surface area contributed by atoms with Gasteiger partial charge in [-0.1, -0.05) is 18.2 Å². The first kappa shape index (κ1) is 15.6. The first-order chi connectivity index (χ1) is 11.7. The summed E-state index contributed by atoms with van der Waals surface area (Å²) in [4.78, 5) is 13.9. The van der Waals surface area contributed by atoms with Crippen molar-refractivity contribution in [3.8, 4) is 0 Å². The van der Waals surface area contributed by atoms with E-state index < -0.39 is 4.92 Å². The Morgan fingerprint density at radius 2 is 1.38 bits per heavy atom. The maximum Gasteiger partial charge on any atom is 0.345 e. The highest BCUT2D eigenvalue weighted by molar-refractivity contribution is 7.18. The molecule has 118 valence electrons. The molecule has 0 aliphatic rings. The number of hydrogen-bond acceptors (Lipinski definition) is 8. The molecule has 0 aliphatic heterocycles. The highest BCUT2D eigenvalue weighted by atomic mass is 32.1. The Balaban J connectivity index is 1.66. The van der Waals surface area contributed by atoms with E-state index in [2.05, 4.69) is 25.4 Å². The molecule has 0 aliphatic carbocycles. The van der Waals surface area contributed by atoms with Gasteiger partial charge in [0.25, 0.3) is 0 Å². The van der Waals surface area contributed by atoms with Crippen molar-refractivity contribution >= 4 is 38.5 Å². The molecule has 9 heteroatoms. The Morgan fingerprint density at radius 3 is 1.92 bits per heavy atom. The first-order valence-corrected chi connectivity index (χ1v) is 7.61. The predicted octanol–water partition coefficient (Wildman–Crippen LogP) is 5.88. The summed E-state index contributed by atoms with van der Waals surface area (Å²) in [5.41, 5.74) is 2.04. The molecule has 0 radical (unpaired) electrons. The van der Waals surface area contributed by atoms with Gasteiger partial charge in [0.2, 0.25) is 5.13 Å². The number of thiazole rings is 1. The predicted molar refractivity (Wildman–Crippen MR) is 90.0 cm³/mol. The first-order valence-electron chi connectivity index (χ1n) is 6.79. The van der Waals surface area contributed by atoms with E-state index in [4.69, 9.17) is 0 Å². The monoisotopic (exact) mass is 338 g/mol. The summed E-state index contributed by atoms with van der Waals surface area (Å²) < 4.78 is 0. The number of nitrogens with zero attached hydrogens (tertiary/aromatic N) is 6. The fourth-order valence-electron chi connectivity index (χ4n) is 1.68. The van der Waals surface area contributed by atoms with Crippen LogP contribution in [0.2, 0.25) is 0 Å². The molecule has 0 fully saturated rings. The minimum Gasteiger partial charge on any atom is -0.257 e. The van der Waals surface area contributed by atoms with Crippen molar-refractivity contribution in [2.45, 2.75) is 0 Å². The van der Waals surface area contributed by atoms with Crippen LogP contribution in [0.4, 0.5) is 27.2 Å². The maximum absolute atomic E-state index is 10.6. The van der Waals surface area contributed by atoms with E-state index in [1.54, 1.807) is 24.3 Å². The third kappa shape index (κ3) is 4.11. The lowest BCUT2D eigenvalue weighted by Crippen LogP contribution is -1.80. The second kappa shape index (κ2) is 7.29. The number of aromatic nitrogens is 1. The van der Waals surface area contributed by atoms with E-state index in [0.29, 0.717) is 11.4 Å². The second-order valence-corrected chi connectivity index (χ2v) is 5.48. The van der Waals surface area contributed by atoms with Crippen molar-refractivity contribution in [2.24, 2.45) is 20.5 Å². The van der Waals surface area contributed by atoms with Crippen LogP contribution in [0.5, 0.6) is 0 Å². The zero-order valence-corrected chi connectivity index (χ0v) is 13.0. The summed E-state index contributed by atoms with van der Waals surface area (Å²) in [5, 5.41) is 26.8. The number of rotatable bonds is 5. The van der Waals surface area contributed by atoms with Crippen LogP contribution in [0.1, 0.15) is 0 Å². The molecule has 8 nitrogen and oxygen atoms in total. The van der Waals surface area contributed by atoms with E-state index >= 15 is 0 Å². The summed E-state index contributed by atoms with van der Waals surface area (Å²) in [6.45, 7) is 0. The fraction of sp³-hybridized carbons (Fsp3) is 0. The lowest BCUT2D eigenvalue weighted by Gasteiger charge is -1.94. The van der Waals surface area contributed by atoms with Gasteiger partial charge in [0.15, 0.2) is 0 Å². The van der Waals surface area contributed by atoms with Crippen LogP contribution in [-0.4, -0.2) is 9.91 Å². The number of nitro groups is 1. The van der Waals surface area contributed by atoms with Crippen molar-refractivity contribution in [3.63, 3.8) is 0 Å². The summed E-state index contributed by atoms with van der Waals surface area (Å²) in [6, 6.07) is 16.4. The van der Waals surface area contributed by atoms with E-state index in [1.807, 2.05) is 30.3 Å². The molecule has 0 saturated heterocycles. The van der Waals surface area contributed by atoms with Crippen molar-refractivity contribution in [1.82, 2.24) is 4.98 Å². The van der Waals surface area contributed by atoms with Crippen molar-refractivity contribution in [3.05, 3.63) is 70.9 Å². The third-order valence-corrected chi connectivity index (χ3v) is 3.63. The van der Waals surface area contributed by atoms with Crippen LogP contribution < -0.4 is 0 Å². The molecular weight excluding hydrogens is 328 g/mol. The lowest BCUT2D eigenvalue weighted by molar-refractivity contribution is -0.380. The molecule has 2 aromatic carbocycles. The van der Waals surface area contributed by atoms with Gasteiger partial charge in [0, 0.05) is 0 Å². The minimum absolute atomic E-state index is 0.0689. The lowest BCUT2D eigenvalue weighted by atomic mass is 10.3.